The number of para-hydroxylation sites is 2. The SMILES string of the molecule is CCC(CC)c1cc(CNC(=NC)NCC(C)Oc2ccccc2OC)on1.I. The molecule has 0 bridgehead atoms. The number of hydrogen-bond donors (Lipinski definition) is 2. The third-order valence-corrected chi connectivity index (χ3v) is 4.59. The molecule has 1 aromatic carbocycles. The van der Waals surface area contributed by atoms with E-state index in [9.17, 15) is 0 Å². The Bertz CT molecular complexity index is 747. The number of aromatic nitrogens is 1. The maximum atomic E-state index is 5.95. The smallest absolute Gasteiger partial charge is 0.191 e. The summed E-state index contributed by atoms with van der Waals surface area (Å²) in [6, 6.07) is 9.63. The van der Waals surface area contributed by atoms with Crippen molar-refractivity contribution in [3.05, 3.63) is 41.8 Å². The molecule has 7 nitrogen and oxygen atoms in total. The highest BCUT2D eigenvalue weighted by atomic mass is 127. The minimum absolute atomic E-state index is 0. The average molecular weight is 516 g/mol. The van der Waals surface area contributed by atoms with E-state index in [0.29, 0.717) is 25.0 Å². The van der Waals surface area contributed by atoms with Crippen molar-refractivity contribution >= 4 is 29.9 Å². The van der Waals surface area contributed by atoms with Crippen LogP contribution in [-0.2, 0) is 6.54 Å². The van der Waals surface area contributed by atoms with Crippen molar-refractivity contribution in [2.24, 2.45) is 4.99 Å². The molecule has 1 aromatic heterocycles. The van der Waals surface area contributed by atoms with Crippen molar-refractivity contribution in [1.29, 1.82) is 0 Å². The molecule has 2 rings (SSSR count). The van der Waals surface area contributed by atoms with Crippen LogP contribution in [0.3, 0.4) is 0 Å². The number of halogens is 1. The van der Waals surface area contributed by atoms with Gasteiger partial charge >= 0.3 is 0 Å². The summed E-state index contributed by atoms with van der Waals surface area (Å²) in [4.78, 5) is 4.24. The van der Waals surface area contributed by atoms with E-state index in [-0.39, 0.29) is 30.1 Å². The Morgan fingerprint density at radius 1 is 1.17 bits per heavy atom. The Balaban J connectivity index is 0.00000420. The first-order valence-electron chi connectivity index (χ1n) is 9.80. The Hall–Kier alpha value is -1.97. The molecule has 0 spiro atoms. The molecule has 2 aromatic rings. The first kappa shape index (κ1) is 25.1. The molecule has 0 radical (unpaired) electrons. The van der Waals surface area contributed by atoms with Gasteiger partial charge in [0.25, 0.3) is 0 Å². The van der Waals surface area contributed by atoms with Gasteiger partial charge in [-0.15, -0.1) is 24.0 Å². The maximum Gasteiger partial charge on any atom is 0.191 e. The molecule has 0 fully saturated rings. The van der Waals surface area contributed by atoms with Gasteiger partial charge in [0.05, 0.1) is 25.9 Å². The van der Waals surface area contributed by atoms with Gasteiger partial charge in [-0.1, -0.05) is 31.1 Å². The Morgan fingerprint density at radius 2 is 1.86 bits per heavy atom. The second-order valence-electron chi connectivity index (χ2n) is 6.62. The molecule has 0 aliphatic rings. The molecule has 2 N–H and O–H groups in total. The molecular weight excluding hydrogens is 483 g/mol. The van der Waals surface area contributed by atoms with Crippen LogP contribution in [-0.4, -0.2) is 37.9 Å². The fraction of sp³-hybridized carbons (Fsp3) is 0.524. The highest BCUT2D eigenvalue weighted by molar-refractivity contribution is 14.0. The van der Waals surface area contributed by atoms with Crippen molar-refractivity contribution < 1.29 is 14.0 Å². The van der Waals surface area contributed by atoms with Crippen molar-refractivity contribution in [3.63, 3.8) is 0 Å². The summed E-state index contributed by atoms with van der Waals surface area (Å²) < 4.78 is 16.7. The van der Waals surface area contributed by atoms with E-state index in [1.54, 1.807) is 14.2 Å². The lowest BCUT2D eigenvalue weighted by molar-refractivity contribution is 0.213. The molecule has 0 saturated carbocycles. The van der Waals surface area contributed by atoms with Gasteiger partial charge < -0.3 is 24.6 Å². The van der Waals surface area contributed by atoms with E-state index in [1.807, 2.05) is 37.3 Å². The van der Waals surface area contributed by atoms with E-state index in [1.165, 1.54) is 0 Å². The topological polar surface area (TPSA) is 80.9 Å². The summed E-state index contributed by atoms with van der Waals surface area (Å²) in [6.45, 7) is 7.44. The first-order valence-corrected chi connectivity index (χ1v) is 9.80. The molecule has 8 heteroatoms. The average Bonchev–Trinajstić information content (AvgIpc) is 3.18. The number of hydrogen-bond acceptors (Lipinski definition) is 5. The number of rotatable bonds is 10. The second-order valence-corrected chi connectivity index (χ2v) is 6.62. The molecular formula is C21H33IN4O3. The summed E-state index contributed by atoms with van der Waals surface area (Å²) in [7, 11) is 3.37. The van der Waals surface area contributed by atoms with Crippen LogP contribution >= 0.6 is 24.0 Å². The highest BCUT2D eigenvalue weighted by Crippen LogP contribution is 2.26. The molecule has 29 heavy (non-hydrogen) atoms. The van der Waals surface area contributed by atoms with Crippen LogP contribution in [0.2, 0.25) is 0 Å². The van der Waals surface area contributed by atoms with Crippen molar-refractivity contribution in [2.45, 2.75) is 52.2 Å². The molecule has 1 heterocycles. The highest BCUT2D eigenvalue weighted by Gasteiger charge is 2.13. The second kappa shape index (κ2) is 13.3. The zero-order chi connectivity index (χ0) is 20.4. The standard InChI is InChI=1S/C21H32N4O3.HI/c1-6-16(7-2)18-12-17(28-25-18)14-24-21(22-4)23-13-15(3)27-20-11-9-8-10-19(20)26-5;/h8-12,15-16H,6-7,13-14H2,1-5H3,(H2,22,23,24);1H. The number of methoxy groups -OCH3 is 1. The van der Waals surface area contributed by atoms with Crippen LogP contribution < -0.4 is 20.1 Å². The van der Waals surface area contributed by atoms with E-state index in [0.717, 1.165) is 35.8 Å². The van der Waals surface area contributed by atoms with Gasteiger partial charge in [0.1, 0.15) is 6.10 Å². The minimum atomic E-state index is -0.0680. The summed E-state index contributed by atoms with van der Waals surface area (Å²) in [5.41, 5.74) is 1.02. The monoisotopic (exact) mass is 516 g/mol. The summed E-state index contributed by atoms with van der Waals surface area (Å²) >= 11 is 0. The van der Waals surface area contributed by atoms with Gasteiger partial charge in [0, 0.05) is 19.0 Å². The lowest BCUT2D eigenvalue weighted by atomic mass is 9.99. The zero-order valence-electron chi connectivity index (χ0n) is 17.9. The predicted molar refractivity (Wildman–Crippen MR) is 127 cm³/mol. The molecule has 0 saturated heterocycles. The Kier molecular flexibility index (Phi) is 11.5. The lowest BCUT2D eigenvalue weighted by Gasteiger charge is -2.18. The van der Waals surface area contributed by atoms with Crippen molar-refractivity contribution in [1.82, 2.24) is 15.8 Å². The number of aliphatic imine (C=N–C) groups is 1. The third-order valence-electron chi connectivity index (χ3n) is 4.59. The number of guanidine groups is 1. The zero-order valence-corrected chi connectivity index (χ0v) is 20.2. The van der Waals surface area contributed by atoms with Gasteiger partial charge in [0.15, 0.2) is 23.2 Å². The predicted octanol–water partition coefficient (Wildman–Crippen LogP) is 4.34. The van der Waals surface area contributed by atoms with Crippen LogP contribution in [0.4, 0.5) is 0 Å². The van der Waals surface area contributed by atoms with Crippen LogP contribution in [0.5, 0.6) is 11.5 Å². The van der Waals surface area contributed by atoms with Crippen LogP contribution in [0.25, 0.3) is 0 Å². The summed E-state index contributed by atoms with van der Waals surface area (Å²) in [6.07, 6.45) is 2.05. The van der Waals surface area contributed by atoms with E-state index in [2.05, 4.69) is 34.6 Å². The van der Waals surface area contributed by atoms with E-state index in [4.69, 9.17) is 14.0 Å². The lowest BCUT2D eigenvalue weighted by Crippen LogP contribution is -2.41. The van der Waals surface area contributed by atoms with Gasteiger partial charge in [0.2, 0.25) is 0 Å². The van der Waals surface area contributed by atoms with Gasteiger partial charge in [-0.25, -0.2) is 0 Å². The molecule has 162 valence electrons. The Morgan fingerprint density at radius 3 is 2.48 bits per heavy atom. The Labute approximate surface area is 190 Å². The van der Waals surface area contributed by atoms with Gasteiger partial charge in [-0.2, -0.15) is 0 Å². The largest absolute Gasteiger partial charge is 0.493 e. The van der Waals surface area contributed by atoms with E-state index < -0.39 is 0 Å². The van der Waals surface area contributed by atoms with E-state index >= 15 is 0 Å². The quantitative estimate of drug-likeness (QED) is 0.278. The molecule has 1 atom stereocenters. The number of benzene rings is 1. The van der Waals surface area contributed by atoms with Crippen molar-refractivity contribution in [2.75, 3.05) is 20.7 Å². The van der Waals surface area contributed by atoms with Crippen molar-refractivity contribution in [3.8, 4) is 11.5 Å². The molecule has 0 aliphatic carbocycles. The fourth-order valence-electron chi connectivity index (χ4n) is 2.92. The number of nitrogens with zero attached hydrogens (tertiary/aromatic N) is 2. The molecule has 0 amide bonds. The molecule has 1 unspecified atom stereocenters. The minimum Gasteiger partial charge on any atom is -0.493 e. The van der Waals surface area contributed by atoms with Crippen LogP contribution in [0.15, 0.2) is 39.8 Å². The fourth-order valence-corrected chi connectivity index (χ4v) is 2.92. The summed E-state index contributed by atoms with van der Waals surface area (Å²) in [5.74, 6) is 3.36. The maximum absolute atomic E-state index is 5.95. The number of nitrogens with one attached hydrogen (secondary N) is 2. The molecule has 0 aliphatic heterocycles. The summed E-state index contributed by atoms with van der Waals surface area (Å²) in [5, 5.41) is 10.7. The van der Waals surface area contributed by atoms with Crippen LogP contribution in [0, 0.1) is 0 Å². The normalized spacial score (nSPS) is 12.3. The first-order chi connectivity index (χ1) is 13.6. The number of ether oxygens (including phenoxy) is 2. The van der Waals surface area contributed by atoms with Crippen LogP contribution in [0.1, 0.15) is 51.0 Å². The van der Waals surface area contributed by atoms with Gasteiger partial charge in [-0.3, -0.25) is 4.99 Å². The third kappa shape index (κ3) is 7.75. The van der Waals surface area contributed by atoms with Gasteiger partial charge in [-0.05, 0) is 31.9 Å².